The lowest BCUT2D eigenvalue weighted by Crippen LogP contribution is -2.45. The molecule has 26 heavy (non-hydrogen) atoms. The Hall–Kier alpha value is -1.00. The van der Waals surface area contributed by atoms with Gasteiger partial charge < -0.3 is 15.4 Å². The number of likely N-dealkylation sites (tertiary alicyclic amines) is 1. The van der Waals surface area contributed by atoms with Gasteiger partial charge in [-0.25, -0.2) is 13.8 Å². The van der Waals surface area contributed by atoms with Gasteiger partial charge in [0.25, 0.3) is 0 Å². The minimum atomic E-state index is -0.454. The van der Waals surface area contributed by atoms with E-state index in [-0.39, 0.29) is 36.1 Å². The van der Waals surface area contributed by atoms with Crippen molar-refractivity contribution < 1.29 is 13.5 Å². The fourth-order valence-corrected chi connectivity index (χ4v) is 3.01. The highest BCUT2D eigenvalue weighted by atomic mass is 127. The van der Waals surface area contributed by atoms with Gasteiger partial charge in [0, 0.05) is 38.3 Å². The largest absolute Gasteiger partial charge is 0.383 e. The maximum atomic E-state index is 13.7. The van der Waals surface area contributed by atoms with Crippen LogP contribution in [-0.2, 0) is 11.3 Å². The van der Waals surface area contributed by atoms with Crippen LogP contribution in [0.2, 0.25) is 0 Å². The topological polar surface area (TPSA) is 48.9 Å². The third-order valence-electron chi connectivity index (χ3n) is 4.35. The van der Waals surface area contributed by atoms with Crippen molar-refractivity contribution in [2.45, 2.75) is 32.4 Å². The first-order valence-corrected chi connectivity index (χ1v) is 8.83. The van der Waals surface area contributed by atoms with Crippen LogP contribution in [0.4, 0.5) is 8.78 Å². The maximum Gasteiger partial charge on any atom is 0.191 e. The van der Waals surface area contributed by atoms with Crippen LogP contribution in [0.5, 0.6) is 0 Å². The smallest absolute Gasteiger partial charge is 0.191 e. The number of ether oxygens (including phenoxy) is 1. The second-order valence-corrected chi connectivity index (χ2v) is 6.14. The number of hydrogen-bond acceptors (Lipinski definition) is 3. The van der Waals surface area contributed by atoms with E-state index in [1.54, 1.807) is 7.11 Å². The van der Waals surface area contributed by atoms with E-state index >= 15 is 0 Å². The van der Waals surface area contributed by atoms with E-state index in [1.807, 2.05) is 6.92 Å². The van der Waals surface area contributed by atoms with Crippen LogP contribution in [0.1, 0.15) is 25.3 Å². The summed E-state index contributed by atoms with van der Waals surface area (Å²) < 4.78 is 32.1. The van der Waals surface area contributed by atoms with Crippen molar-refractivity contribution in [2.24, 2.45) is 4.99 Å². The molecule has 0 radical (unpaired) electrons. The third kappa shape index (κ3) is 7.32. The highest BCUT2D eigenvalue weighted by Gasteiger charge is 2.23. The van der Waals surface area contributed by atoms with Crippen LogP contribution >= 0.6 is 24.0 Å². The molecule has 1 aromatic carbocycles. The molecule has 1 unspecified atom stereocenters. The normalized spacial score (nSPS) is 17.8. The average Bonchev–Trinajstić information content (AvgIpc) is 3.05. The van der Waals surface area contributed by atoms with Crippen LogP contribution in [0.15, 0.2) is 23.2 Å². The molecule has 148 valence electrons. The minimum Gasteiger partial charge on any atom is -0.383 e. The highest BCUT2D eigenvalue weighted by molar-refractivity contribution is 14.0. The summed E-state index contributed by atoms with van der Waals surface area (Å²) in [7, 11) is 1.71. The Kier molecular flexibility index (Phi) is 11.0. The third-order valence-corrected chi connectivity index (χ3v) is 4.35. The summed E-state index contributed by atoms with van der Waals surface area (Å²) in [4.78, 5) is 6.79. The van der Waals surface area contributed by atoms with Crippen molar-refractivity contribution >= 4 is 29.9 Å². The number of benzene rings is 1. The zero-order chi connectivity index (χ0) is 18.1. The quantitative estimate of drug-likeness (QED) is 0.340. The number of guanidine groups is 1. The molecule has 0 amide bonds. The first-order chi connectivity index (χ1) is 12.1. The van der Waals surface area contributed by atoms with Crippen LogP contribution in [0.25, 0.3) is 0 Å². The molecule has 1 fully saturated rings. The molecule has 1 aliphatic heterocycles. The molecule has 0 aliphatic carbocycles. The Morgan fingerprint density at radius 1 is 1.35 bits per heavy atom. The van der Waals surface area contributed by atoms with Crippen LogP contribution in [-0.4, -0.2) is 56.8 Å². The molecule has 2 N–H and O–H groups in total. The number of rotatable bonds is 8. The SMILES string of the molecule is CCNC(=NCc1cc(F)ccc1F)NCC1CCCN1CCOC.I. The number of halogens is 3. The first kappa shape index (κ1) is 23.0. The summed E-state index contributed by atoms with van der Waals surface area (Å²) in [5.74, 6) is -0.281. The standard InChI is InChI=1S/C18H28F2N4O.HI/c1-3-21-18(22-12-14-11-15(19)6-7-17(14)20)23-13-16-5-4-8-24(16)9-10-25-2;/h6-7,11,16H,3-5,8-10,12-13H2,1-2H3,(H2,21,22,23);1H. The van der Waals surface area contributed by atoms with Gasteiger partial charge >= 0.3 is 0 Å². The summed E-state index contributed by atoms with van der Waals surface area (Å²) in [6.07, 6.45) is 2.31. The Morgan fingerprint density at radius 2 is 2.15 bits per heavy atom. The van der Waals surface area contributed by atoms with Gasteiger partial charge in [-0.2, -0.15) is 0 Å². The molecule has 0 aromatic heterocycles. The van der Waals surface area contributed by atoms with E-state index in [0.29, 0.717) is 18.5 Å². The molecular formula is C18H29F2IN4O. The lowest BCUT2D eigenvalue weighted by atomic mass is 10.2. The van der Waals surface area contributed by atoms with Crippen molar-refractivity contribution in [2.75, 3.05) is 39.9 Å². The molecule has 1 atom stereocenters. The van der Waals surface area contributed by atoms with Gasteiger partial charge in [-0.1, -0.05) is 0 Å². The fraction of sp³-hybridized carbons (Fsp3) is 0.611. The molecule has 8 heteroatoms. The zero-order valence-corrected chi connectivity index (χ0v) is 17.8. The molecule has 0 spiro atoms. The Bertz CT molecular complexity index is 574. The number of nitrogens with zero attached hydrogens (tertiary/aromatic N) is 2. The van der Waals surface area contributed by atoms with E-state index in [1.165, 1.54) is 12.5 Å². The van der Waals surface area contributed by atoms with E-state index in [9.17, 15) is 8.78 Å². The summed E-state index contributed by atoms with van der Waals surface area (Å²) in [5.41, 5.74) is 0.250. The van der Waals surface area contributed by atoms with E-state index in [4.69, 9.17) is 4.74 Å². The lowest BCUT2D eigenvalue weighted by molar-refractivity contribution is 0.141. The van der Waals surface area contributed by atoms with Crippen molar-refractivity contribution in [3.8, 4) is 0 Å². The summed E-state index contributed by atoms with van der Waals surface area (Å²) in [5, 5.41) is 6.46. The Labute approximate surface area is 171 Å². The number of aliphatic imine (C=N–C) groups is 1. The molecular weight excluding hydrogens is 453 g/mol. The predicted molar refractivity (Wildman–Crippen MR) is 111 cm³/mol. The van der Waals surface area contributed by atoms with Gasteiger partial charge in [-0.15, -0.1) is 24.0 Å². The first-order valence-electron chi connectivity index (χ1n) is 8.83. The van der Waals surface area contributed by atoms with Gasteiger partial charge in [0.1, 0.15) is 11.6 Å². The van der Waals surface area contributed by atoms with Crippen molar-refractivity contribution in [3.05, 3.63) is 35.4 Å². The summed E-state index contributed by atoms with van der Waals surface area (Å²) >= 11 is 0. The minimum absolute atomic E-state index is 0. The van der Waals surface area contributed by atoms with Crippen molar-refractivity contribution in [3.63, 3.8) is 0 Å². The van der Waals surface area contributed by atoms with Crippen molar-refractivity contribution in [1.82, 2.24) is 15.5 Å². The van der Waals surface area contributed by atoms with E-state index in [2.05, 4.69) is 20.5 Å². The van der Waals surface area contributed by atoms with Crippen LogP contribution < -0.4 is 10.6 Å². The predicted octanol–water partition coefficient (Wildman–Crippen LogP) is 2.75. The molecule has 5 nitrogen and oxygen atoms in total. The van der Waals surface area contributed by atoms with Gasteiger partial charge in [-0.05, 0) is 44.5 Å². The highest BCUT2D eigenvalue weighted by Crippen LogP contribution is 2.16. The Balaban J connectivity index is 0.00000338. The summed E-state index contributed by atoms with van der Waals surface area (Å²) in [6, 6.07) is 3.86. The molecule has 2 rings (SSSR count). The van der Waals surface area contributed by atoms with E-state index in [0.717, 1.165) is 44.8 Å². The van der Waals surface area contributed by atoms with Gasteiger partial charge in [0.2, 0.25) is 0 Å². The van der Waals surface area contributed by atoms with Gasteiger partial charge in [0.15, 0.2) is 5.96 Å². The number of nitrogens with one attached hydrogen (secondary N) is 2. The molecule has 0 bridgehead atoms. The number of hydrogen-bond donors (Lipinski definition) is 2. The fourth-order valence-electron chi connectivity index (χ4n) is 3.01. The monoisotopic (exact) mass is 482 g/mol. The number of methoxy groups -OCH3 is 1. The Morgan fingerprint density at radius 3 is 2.88 bits per heavy atom. The lowest BCUT2D eigenvalue weighted by Gasteiger charge is -2.25. The van der Waals surface area contributed by atoms with Crippen LogP contribution in [0.3, 0.4) is 0 Å². The van der Waals surface area contributed by atoms with Gasteiger partial charge in [0.05, 0.1) is 13.2 Å². The average molecular weight is 482 g/mol. The second kappa shape index (κ2) is 12.4. The van der Waals surface area contributed by atoms with Crippen molar-refractivity contribution in [1.29, 1.82) is 0 Å². The van der Waals surface area contributed by atoms with Gasteiger partial charge in [-0.3, -0.25) is 4.90 Å². The molecule has 0 saturated carbocycles. The summed E-state index contributed by atoms with van der Waals surface area (Å²) in [6.45, 7) is 6.26. The molecule has 1 aliphatic rings. The second-order valence-electron chi connectivity index (χ2n) is 6.14. The molecule has 1 heterocycles. The maximum absolute atomic E-state index is 13.7. The molecule has 1 aromatic rings. The molecule has 1 saturated heterocycles. The van der Waals surface area contributed by atoms with Crippen LogP contribution in [0, 0.1) is 11.6 Å². The van der Waals surface area contributed by atoms with E-state index < -0.39 is 11.6 Å². The zero-order valence-electron chi connectivity index (χ0n) is 15.4.